The average molecular weight is 281 g/mol. The standard InChI is InChI=1S/C11H15N5O4/c1-19-11(4-17)3-2-6(20-11)16-5-13-7-8(16)14-10(12)15-9(7)18/h5-6,17H,2-4H2,1H3,(H3,12,14,15,18)/t6-,11+/m1/s1. The number of methoxy groups -OCH3 is 1. The topological polar surface area (TPSA) is 128 Å². The predicted octanol–water partition coefficient (Wildman–Crippen LogP) is -0.654. The highest BCUT2D eigenvalue weighted by Gasteiger charge is 2.41. The lowest BCUT2D eigenvalue weighted by atomic mass is 10.2. The van der Waals surface area contributed by atoms with Crippen molar-refractivity contribution in [3.05, 3.63) is 16.7 Å². The number of nitrogens with zero attached hydrogens (tertiary/aromatic N) is 3. The number of ether oxygens (including phenoxy) is 2. The molecule has 2 atom stereocenters. The van der Waals surface area contributed by atoms with Gasteiger partial charge in [-0.25, -0.2) is 4.98 Å². The third-order valence-corrected chi connectivity index (χ3v) is 3.50. The molecule has 9 heteroatoms. The summed E-state index contributed by atoms with van der Waals surface area (Å²) >= 11 is 0. The zero-order valence-electron chi connectivity index (χ0n) is 10.9. The van der Waals surface area contributed by atoms with Gasteiger partial charge in [0.1, 0.15) is 6.23 Å². The van der Waals surface area contributed by atoms with Crippen molar-refractivity contribution in [2.45, 2.75) is 24.9 Å². The first-order chi connectivity index (χ1) is 9.58. The van der Waals surface area contributed by atoms with E-state index in [0.717, 1.165) is 0 Å². The summed E-state index contributed by atoms with van der Waals surface area (Å²) in [4.78, 5) is 22.2. The number of aromatic nitrogens is 4. The first-order valence-corrected chi connectivity index (χ1v) is 6.15. The Balaban J connectivity index is 2.02. The highest BCUT2D eigenvalue weighted by molar-refractivity contribution is 5.70. The second-order valence-electron chi connectivity index (χ2n) is 4.66. The first-order valence-electron chi connectivity index (χ1n) is 6.15. The van der Waals surface area contributed by atoms with Crippen molar-refractivity contribution in [1.82, 2.24) is 19.5 Å². The smallest absolute Gasteiger partial charge is 0.280 e. The Morgan fingerprint density at radius 3 is 3.20 bits per heavy atom. The molecule has 20 heavy (non-hydrogen) atoms. The molecule has 0 radical (unpaired) electrons. The predicted molar refractivity (Wildman–Crippen MR) is 68.7 cm³/mol. The Hall–Kier alpha value is -1.97. The fraction of sp³-hybridized carbons (Fsp3) is 0.545. The van der Waals surface area contributed by atoms with Gasteiger partial charge in [-0.1, -0.05) is 0 Å². The maximum Gasteiger partial charge on any atom is 0.280 e. The van der Waals surface area contributed by atoms with Gasteiger partial charge in [-0.2, -0.15) is 4.98 Å². The summed E-state index contributed by atoms with van der Waals surface area (Å²) in [6.07, 6.45) is 2.19. The fourth-order valence-corrected chi connectivity index (χ4v) is 2.39. The molecule has 0 saturated carbocycles. The lowest BCUT2D eigenvalue weighted by Crippen LogP contribution is -2.35. The number of nitrogen functional groups attached to an aromatic ring is 1. The molecular formula is C11H15N5O4. The zero-order chi connectivity index (χ0) is 14.3. The molecular weight excluding hydrogens is 266 g/mol. The fourth-order valence-electron chi connectivity index (χ4n) is 2.39. The van der Waals surface area contributed by atoms with Gasteiger partial charge in [0.2, 0.25) is 5.95 Å². The van der Waals surface area contributed by atoms with Crippen molar-refractivity contribution < 1.29 is 14.6 Å². The maximum atomic E-state index is 11.7. The summed E-state index contributed by atoms with van der Waals surface area (Å²) in [7, 11) is 1.48. The van der Waals surface area contributed by atoms with Gasteiger partial charge in [0.05, 0.1) is 12.9 Å². The number of H-pyrrole nitrogens is 1. The van der Waals surface area contributed by atoms with Crippen molar-refractivity contribution in [3.8, 4) is 0 Å². The SMILES string of the molecule is CO[C@@]1(CO)CC[C@H](n2cnc3c(=O)[nH]c(N)nc32)O1. The third-order valence-electron chi connectivity index (χ3n) is 3.50. The number of anilines is 1. The number of aliphatic hydroxyl groups is 1. The van der Waals surface area contributed by atoms with Gasteiger partial charge in [0.15, 0.2) is 17.0 Å². The second-order valence-corrected chi connectivity index (χ2v) is 4.66. The van der Waals surface area contributed by atoms with Crippen LogP contribution in [0.3, 0.4) is 0 Å². The van der Waals surface area contributed by atoms with Crippen LogP contribution < -0.4 is 11.3 Å². The molecule has 0 bridgehead atoms. The Morgan fingerprint density at radius 1 is 1.75 bits per heavy atom. The summed E-state index contributed by atoms with van der Waals surface area (Å²) < 4.78 is 12.6. The minimum atomic E-state index is -1.02. The van der Waals surface area contributed by atoms with Crippen LogP contribution in [0.15, 0.2) is 11.1 Å². The van der Waals surface area contributed by atoms with Crippen LogP contribution in [0.4, 0.5) is 5.95 Å². The van der Waals surface area contributed by atoms with Crippen LogP contribution in [0.5, 0.6) is 0 Å². The van der Waals surface area contributed by atoms with Crippen LogP contribution in [0, 0.1) is 0 Å². The van der Waals surface area contributed by atoms with Crippen molar-refractivity contribution in [2.24, 2.45) is 0 Å². The van der Waals surface area contributed by atoms with Crippen molar-refractivity contribution >= 4 is 17.1 Å². The van der Waals surface area contributed by atoms with E-state index in [9.17, 15) is 9.90 Å². The van der Waals surface area contributed by atoms with Crippen LogP contribution >= 0.6 is 0 Å². The van der Waals surface area contributed by atoms with E-state index in [0.29, 0.717) is 18.5 Å². The summed E-state index contributed by atoms with van der Waals surface area (Å²) in [5.74, 6) is -1.00. The maximum absolute atomic E-state index is 11.7. The van der Waals surface area contributed by atoms with Gasteiger partial charge in [-0.3, -0.25) is 14.3 Å². The van der Waals surface area contributed by atoms with Gasteiger partial charge in [0, 0.05) is 13.5 Å². The zero-order valence-corrected chi connectivity index (χ0v) is 10.9. The molecule has 0 amide bonds. The summed E-state index contributed by atoms with van der Waals surface area (Å²) in [5, 5.41) is 9.37. The highest BCUT2D eigenvalue weighted by Crippen LogP contribution is 2.37. The molecule has 1 saturated heterocycles. The molecule has 0 unspecified atom stereocenters. The van der Waals surface area contributed by atoms with Gasteiger partial charge in [-0.15, -0.1) is 0 Å². The normalized spacial score (nSPS) is 26.4. The Labute approximate surface area is 113 Å². The van der Waals surface area contributed by atoms with E-state index in [1.807, 2.05) is 0 Å². The molecule has 0 spiro atoms. The third kappa shape index (κ3) is 1.87. The molecule has 3 heterocycles. The second kappa shape index (κ2) is 4.54. The molecule has 1 aliphatic heterocycles. The quantitative estimate of drug-likeness (QED) is 0.681. The number of rotatable bonds is 3. The van der Waals surface area contributed by atoms with E-state index in [1.165, 1.54) is 13.4 Å². The van der Waals surface area contributed by atoms with E-state index in [4.69, 9.17) is 15.2 Å². The average Bonchev–Trinajstić information content (AvgIpc) is 3.02. The van der Waals surface area contributed by atoms with Crippen molar-refractivity contribution in [1.29, 1.82) is 0 Å². The van der Waals surface area contributed by atoms with E-state index >= 15 is 0 Å². The van der Waals surface area contributed by atoms with Gasteiger partial charge < -0.3 is 20.3 Å². The number of aliphatic hydroxyl groups excluding tert-OH is 1. The van der Waals surface area contributed by atoms with Crippen LogP contribution in [0.25, 0.3) is 11.2 Å². The van der Waals surface area contributed by atoms with Gasteiger partial charge in [-0.05, 0) is 6.42 Å². The number of hydrogen-bond acceptors (Lipinski definition) is 7. The van der Waals surface area contributed by atoms with Crippen LogP contribution in [-0.4, -0.2) is 44.1 Å². The van der Waals surface area contributed by atoms with E-state index in [-0.39, 0.29) is 18.1 Å². The number of nitrogens with two attached hydrogens (primary N) is 1. The number of hydrogen-bond donors (Lipinski definition) is 3. The van der Waals surface area contributed by atoms with Crippen LogP contribution in [0.1, 0.15) is 19.1 Å². The number of nitrogens with one attached hydrogen (secondary N) is 1. The Bertz CT molecular complexity index is 690. The van der Waals surface area contributed by atoms with Gasteiger partial charge in [0.25, 0.3) is 5.56 Å². The lowest BCUT2D eigenvalue weighted by Gasteiger charge is -2.25. The lowest BCUT2D eigenvalue weighted by molar-refractivity contribution is -0.241. The van der Waals surface area contributed by atoms with E-state index in [1.54, 1.807) is 4.57 Å². The van der Waals surface area contributed by atoms with Crippen molar-refractivity contribution in [2.75, 3.05) is 19.5 Å². The molecule has 9 nitrogen and oxygen atoms in total. The monoisotopic (exact) mass is 281 g/mol. The van der Waals surface area contributed by atoms with Crippen molar-refractivity contribution in [3.63, 3.8) is 0 Å². The number of fused-ring (bicyclic) bond motifs is 1. The Kier molecular flexibility index (Phi) is 2.96. The van der Waals surface area contributed by atoms with Gasteiger partial charge >= 0.3 is 0 Å². The molecule has 1 fully saturated rings. The molecule has 2 aromatic rings. The molecule has 3 rings (SSSR count). The van der Waals surface area contributed by atoms with E-state index in [2.05, 4.69) is 15.0 Å². The molecule has 2 aromatic heterocycles. The molecule has 1 aliphatic rings. The molecule has 108 valence electrons. The highest BCUT2D eigenvalue weighted by atomic mass is 16.7. The minimum Gasteiger partial charge on any atom is -0.391 e. The number of aromatic amines is 1. The summed E-state index contributed by atoms with van der Waals surface area (Å²) in [5.41, 5.74) is 5.69. The van der Waals surface area contributed by atoms with Crippen LogP contribution in [0.2, 0.25) is 0 Å². The molecule has 0 aromatic carbocycles. The van der Waals surface area contributed by atoms with Crippen LogP contribution in [-0.2, 0) is 9.47 Å². The minimum absolute atomic E-state index is 0.0161. The molecule has 4 N–H and O–H groups in total. The van der Waals surface area contributed by atoms with E-state index < -0.39 is 17.6 Å². The summed E-state index contributed by atoms with van der Waals surface area (Å²) in [6, 6.07) is 0. The molecule has 0 aliphatic carbocycles. The Morgan fingerprint density at radius 2 is 2.55 bits per heavy atom. The largest absolute Gasteiger partial charge is 0.391 e. The number of imidazole rings is 1. The summed E-state index contributed by atoms with van der Waals surface area (Å²) in [6.45, 7) is -0.247. The first kappa shape index (κ1) is 13.0.